The summed E-state index contributed by atoms with van der Waals surface area (Å²) in [6, 6.07) is 8.91. The van der Waals surface area contributed by atoms with E-state index < -0.39 is 0 Å². The van der Waals surface area contributed by atoms with Gasteiger partial charge in [-0.15, -0.1) is 12.4 Å². The van der Waals surface area contributed by atoms with E-state index in [9.17, 15) is 9.59 Å². The summed E-state index contributed by atoms with van der Waals surface area (Å²) in [4.78, 5) is 31.7. The smallest absolute Gasteiger partial charge is 0.251 e. The zero-order valence-electron chi connectivity index (χ0n) is 16.3. The molecule has 1 aliphatic rings. The Morgan fingerprint density at radius 3 is 2.68 bits per heavy atom. The Morgan fingerprint density at radius 2 is 2.00 bits per heavy atom. The van der Waals surface area contributed by atoms with Gasteiger partial charge >= 0.3 is 0 Å². The molecule has 0 radical (unpaired) electrons. The fourth-order valence-electron chi connectivity index (χ4n) is 3.87. The number of halogens is 1. The first kappa shape index (κ1) is 22.1. The number of carbonyl (C=O) groups excluding carboxylic acids is 1. The van der Waals surface area contributed by atoms with Gasteiger partial charge < -0.3 is 16.0 Å². The third-order valence-electron chi connectivity index (χ3n) is 5.46. The average molecular weight is 405 g/mol. The molecule has 2 aromatic rings. The number of rotatable bonds is 6. The number of benzene rings is 1. The summed E-state index contributed by atoms with van der Waals surface area (Å²) in [5.74, 6) is 0.504. The maximum Gasteiger partial charge on any atom is 0.251 e. The predicted molar refractivity (Wildman–Crippen MR) is 115 cm³/mol. The van der Waals surface area contributed by atoms with Gasteiger partial charge in [0.05, 0.1) is 0 Å². The molecule has 152 valence electrons. The largest absolute Gasteiger partial charge is 0.330 e. The highest BCUT2D eigenvalue weighted by Crippen LogP contribution is 2.38. The second-order valence-corrected chi connectivity index (χ2v) is 7.51. The maximum absolute atomic E-state index is 12.6. The van der Waals surface area contributed by atoms with Crippen LogP contribution in [0.3, 0.4) is 0 Å². The number of aromatic amines is 1. The predicted octanol–water partition coefficient (Wildman–Crippen LogP) is 3.66. The molecule has 28 heavy (non-hydrogen) atoms. The van der Waals surface area contributed by atoms with Crippen LogP contribution in [0.2, 0.25) is 0 Å². The van der Waals surface area contributed by atoms with Gasteiger partial charge in [0.2, 0.25) is 5.91 Å². The summed E-state index contributed by atoms with van der Waals surface area (Å²) in [6.07, 6.45) is 6.70. The van der Waals surface area contributed by atoms with Crippen LogP contribution in [-0.2, 0) is 11.2 Å². The number of carbonyl (C=O) groups is 1. The van der Waals surface area contributed by atoms with E-state index in [1.807, 2.05) is 31.2 Å². The second kappa shape index (κ2) is 9.85. The molecular formula is C21H29ClN4O2. The first-order chi connectivity index (χ1) is 13.0. The second-order valence-electron chi connectivity index (χ2n) is 7.51. The van der Waals surface area contributed by atoms with Crippen molar-refractivity contribution in [2.24, 2.45) is 11.1 Å². The molecule has 0 atom stereocenters. The molecule has 1 saturated carbocycles. The number of nitrogens with two attached hydrogens (primary N) is 1. The molecular weight excluding hydrogens is 376 g/mol. The van der Waals surface area contributed by atoms with Crippen LogP contribution >= 0.6 is 12.4 Å². The lowest BCUT2D eigenvalue weighted by molar-refractivity contribution is -0.118. The number of nitrogens with zero attached hydrogens (tertiary/aromatic N) is 1. The molecule has 0 unspecified atom stereocenters. The van der Waals surface area contributed by atoms with Crippen LogP contribution in [0.25, 0.3) is 11.4 Å². The van der Waals surface area contributed by atoms with Gasteiger partial charge in [-0.05, 0) is 43.4 Å². The first-order valence-electron chi connectivity index (χ1n) is 9.74. The van der Waals surface area contributed by atoms with Crippen LogP contribution in [0, 0.1) is 5.41 Å². The van der Waals surface area contributed by atoms with Crippen molar-refractivity contribution in [1.29, 1.82) is 0 Å². The number of hydrogen-bond acceptors (Lipinski definition) is 4. The quantitative estimate of drug-likeness (QED) is 0.683. The molecule has 4 N–H and O–H groups in total. The lowest BCUT2D eigenvalue weighted by atomic mass is 9.71. The van der Waals surface area contributed by atoms with Gasteiger partial charge in [-0.25, -0.2) is 4.98 Å². The Hall–Kier alpha value is -2.18. The van der Waals surface area contributed by atoms with Crippen molar-refractivity contribution in [2.75, 3.05) is 11.9 Å². The number of aryl methyl sites for hydroxylation is 1. The zero-order chi connectivity index (χ0) is 19.3. The molecule has 7 heteroatoms. The third-order valence-corrected chi connectivity index (χ3v) is 5.46. The van der Waals surface area contributed by atoms with E-state index in [-0.39, 0.29) is 29.3 Å². The highest BCUT2D eigenvalue weighted by Gasteiger charge is 2.32. The van der Waals surface area contributed by atoms with Gasteiger partial charge in [-0.2, -0.15) is 0 Å². The van der Waals surface area contributed by atoms with Gasteiger partial charge in [0.15, 0.2) is 0 Å². The van der Waals surface area contributed by atoms with Crippen LogP contribution < -0.4 is 16.6 Å². The van der Waals surface area contributed by atoms with Crippen molar-refractivity contribution in [3.05, 3.63) is 46.4 Å². The Labute approximate surface area is 171 Å². The van der Waals surface area contributed by atoms with Gasteiger partial charge in [-0.3, -0.25) is 9.59 Å². The number of H-pyrrole nitrogens is 1. The Morgan fingerprint density at radius 1 is 1.25 bits per heavy atom. The van der Waals surface area contributed by atoms with E-state index in [0.717, 1.165) is 36.9 Å². The van der Waals surface area contributed by atoms with E-state index in [4.69, 9.17) is 5.73 Å². The minimum atomic E-state index is -0.173. The Bertz CT molecular complexity index is 859. The summed E-state index contributed by atoms with van der Waals surface area (Å²) in [5.41, 5.74) is 7.97. The number of hydrogen-bond donors (Lipinski definition) is 3. The minimum Gasteiger partial charge on any atom is -0.330 e. The van der Waals surface area contributed by atoms with Crippen molar-refractivity contribution in [2.45, 2.75) is 51.9 Å². The SMILES string of the molecule is CCc1cc(=O)[nH]c(-c2cccc(NC(=O)CC3(CN)CCCCC3)c2)n1.Cl. The summed E-state index contributed by atoms with van der Waals surface area (Å²) in [7, 11) is 0. The standard InChI is InChI=1S/C21H28N4O2.ClH/c1-2-16-12-18(26)25-20(24-16)15-7-6-8-17(11-15)23-19(27)13-21(14-22)9-4-3-5-10-21;/h6-8,11-12H,2-5,9-10,13-14,22H2,1H3,(H,23,27)(H,24,25,26);1H. The maximum atomic E-state index is 12.6. The molecule has 1 fully saturated rings. The highest BCUT2D eigenvalue weighted by molar-refractivity contribution is 5.91. The molecule has 6 nitrogen and oxygen atoms in total. The molecule has 1 aromatic heterocycles. The molecule has 0 bridgehead atoms. The normalized spacial score (nSPS) is 15.5. The molecule has 0 saturated heterocycles. The third kappa shape index (κ3) is 5.42. The number of nitrogens with one attached hydrogen (secondary N) is 2. The average Bonchev–Trinajstić information content (AvgIpc) is 2.68. The van der Waals surface area contributed by atoms with Crippen molar-refractivity contribution >= 4 is 24.0 Å². The molecule has 3 rings (SSSR count). The Kier molecular flexibility index (Phi) is 7.78. The van der Waals surface area contributed by atoms with Crippen LogP contribution in [-0.4, -0.2) is 22.4 Å². The topological polar surface area (TPSA) is 101 Å². The first-order valence-corrected chi connectivity index (χ1v) is 9.74. The van der Waals surface area contributed by atoms with Gasteiger partial charge in [0.1, 0.15) is 5.82 Å². The van der Waals surface area contributed by atoms with E-state index in [2.05, 4.69) is 15.3 Å². The molecule has 0 spiro atoms. The van der Waals surface area contributed by atoms with Gasteiger partial charge in [0, 0.05) is 29.4 Å². The number of anilines is 1. The summed E-state index contributed by atoms with van der Waals surface area (Å²) in [5, 5.41) is 2.99. The van der Waals surface area contributed by atoms with Crippen molar-refractivity contribution < 1.29 is 4.79 Å². The molecule has 1 amide bonds. The van der Waals surface area contributed by atoms with Crippen molar-refractivity contribution in [3.63, 3.8) is 0 Å². The van der Waals surface area contributed by atoms with E-state index in [1.165, 1.54) is 12.5 Å². The van der Waals surface area contributed by atoms with Crippen molar-refractivity contribution in [3.8, 4) is 11.4 Å². The zero-order valence-corrected chi connectivity index (χ0v) is 17.1. The lowest BCUT2D eigenvalue weighted by Crippen LogP contribution is -2.36. The van der Waals surface area contributed by atoms with Gasteiger partial charge in [0.25, 0.3) is 5.56 Å². The molecule has 0 aliphatic heterocycles. The molecule has 1 aliphatic carbocycles. The highest BCUT2D eigenvalue weighted by atomic mass is 35.5. The van der Waals surface area contributed by atoms with Crippen LogP contribution in [0.5, 0.6) is 0 Å². The summed E-state index contributed by atoms with van der Waals surface area (Å²) < 4.78 is 0. The van der Waals surface area contributed by atoms with E-state index >= 15 is 0 Å². The van der Waals surface area contributed by atoms with E-state index in [1.54, 1.807) is 0 Å². The summed E-state index contributed by atoms with van der Waals surface area (Å²) in [6.45, 7) is 2.51. The van der Waals surface area contributed by atoms with Gasteiger partial charge in [-0.1, -0.05) is 38.3 Å². The monoisotopic (exact) mass is 404 g/mol. The lowest BCUT2D eigenvalue weighted by Gasteiger charge is -2.35. The molecule has 1 heterocycles. The fourth-order valence-corrected chi connectivity index (χ4v) is 3.87. The number of aromatic nitrogens is 2. The Balaban J connectivity index is 0.00000280. The van der Waals surface area contributed by atoms with Crippen LogP contribution in [0.4, 0.5) is 5.69 Å². The minimum absolute atomic E-state index is 0. The van der Waals surface area contributed by atoms with Crippen LogP contribution in [0.15, 0.2) is 35.1 Å². The fraction of sp³-hybridized carbons (Fsp3) is 0.476. The summed E-state index contributed by atoms with van der Waals surface area (Å²) >= 11 is 0. The molecule has 1 aromatic carbocycles. The van der Waals surface area contributed by atoms with E-state index in [0.29, 0.717) is 30.9 Å². The van der Waals surface area contributed by atoms with Crippen LogP contribution in [0.1, 0.15) is 51.1 Å². The van der Waals surface area contributed by atoms with Crippen molar-refractivity contribution in [1.82, 2.24) is 9.97 Å². The number of amides is 1.